The van der Waals surface area contributed by atoms with Gasteiger partial charge in [-0.1, -0.05) is 60.7 Å². The first-order chi connectivity index (χ1) is 14.6. The molecule has 4 rings (SSSR count). The number of amides is 4. The van der Waals surface area contributed by atoms with Crippen LogP contribution in [0, 0.1) is 0 Å². The molecule has 0 unspecified atom stereocenters. The van der Waals surface area contributed by atoms with Crippen molar-refractivity contribution in [1.82, 2.24) is 15.1 Å². The fourth-order valence-corrected chi connectivity index (χ4v) is 3.86. The van der Waals surface area contributed by atoms with Crippen LogP contribution in [0.25, 0.3) is 0 Å². The third kappa shape index (κ3) is 4.52. The van der Waals surface area contributed by atoms with Crippen molar-refractivity contribution in [3.8, 4) is 0 Å². The molecule has 2 aromatic carbocycles. The van der Waals surface area contributed by atoms with E-state index in [0.717, 1.165) is 11.1 Å². The van der Waals surface area contributed by atoms with E-state index in [1.165, 1.54) is 4.90 Å². The maximum atomic E-state index is 12.7. The molecule has 2 atom stereocenters. The number of hydrogen-bond donors (Lipinski definition) is 1. The van der Waals surface area contributed by atoms with Crippen LogP contribution in [0.1, 0.15) is 30.1 Å². The van der Waals surface area contributed by atoms with Crippen LogP contribution in [0.5, 0.6) is 0 Å². The average molecular weight is 407 g/mol. The first-order valence-electron chi connectivity index (χ1n) is 10.2. The van der Waals surface area contributed by atoms with Gasteiger partial charge in [0.1, 0.15) is 12.1 Å². The van der Waals surface area contributed by atoms with Crippen LogP contribution >= 0.6 is 0 Å². The summed E-state index contributed by atoms with van der Waals surface area (Å²) in [7, 11) is 0. The van der Waals surface area contributed by atoms with Crippen molar-refractivity contribution in [2.24, 2.45) is 0 Å². The second-order valence-electron chi connectivity index (χ2n) is 7.56. The molecule has 7 heteroatoms. The summed E-state index contributed by atoms with van der Waals surface area (Å²) < 4.78 is 5.81. The Bertz CT molecular complexity index is 903. The van der Waals surface area contributed by atoms with Gasteiger partial charge in [-0.25, -0.2) is 4.79 Å². The zero-order valence-corrected chi connectivity index (χ0v) is 16.7. The molecule has 0 bridgehead atoms. The van der Waals surface area contributed by atoms with Crippen molar-refractivity contribution in [3.63, 3.8) is 0 Å². The van der Waals surface area contributed by atoms with Gasteiger partial charge >= 0.3 is 6.03 Å². The highest BCUT2D eigenvalue weighted by molar-refractivity contribution is 6.04. The lowest BCUT2D eigenvalue weighted by molar-refractivity contribution is -0.139. The molecule has 4 amide bonds. The van der Waals surface area contributed by atoms with Gasteiger partial charge < -0.3 is 15.0 Å². The van der Waals surface area contributed by atoms with Gasteiger partial charge in [-0.2, -0.15) is 0 Å². The summed E-state index contributed by atoms with van der Waals surface area (Å²) >= 11 is 0. The predicted molar refractivity (Wildman–Crippen MR) is 110 cm³/mol. The number of carbonyl (C=O) groups is 3. The first-order valence-corrected chi connectivity index (χ1v) is 10.2. The zero-order valence-electron chi connectivity index (χ0n) is 16.7. The number of nitrogens with zero attached hydrogens (tertiary/aromatic N) is 2. The highest BCUT2D eigenvalue weighted by Gasteiger charge is 2.38. The molecule has 2 aliphatic heterocycles. The number of rotatable bonds is 6. The third-order valence-electron chi connectivity index (χ3n) is 5.53. The van der Waals surface area contributed by atoms with Gasteiger partial charge in [0.25, 0.3) is 5.91 Å². The lowest BCUT2D eigenvalue weighted by atomic mass is 10.1. The lowest BCUT2D eigenvalue weighted by Gasteiger charge is -2.33. The normalized spacial score (nSPS) is 21.6. The maximum absolute atomic E-state index is 12.7. The third-order valence-corrected chi connectivity index (χ3v) is 5.53. The smallest absolute Gasteiger partial charge is 0.325 e. The molecule has 2 aliphatic rings. The summed E-state index contributed by atoms with van der Waals surface area (Å²) in [5, 5.41) is 2.71. The highest BCUT2D eigenvalue weighted by Crippen LogP contribution is 2.23. The van der Waals surface area contributed by atoms with Crippen molar-refractivity contribution in [3.05, 3.63) is 71.8 Å². The highest BCUT2D eigenvalue weighted by atomic mass is 16.5. The number of carbonyl (C=O) groups excluding carboxylic acids is 3. The molecule has 2 fully saturated rings. The second kappa shape index (κ2) is 9.09. The van der Waals surface area contributed by atoms with Crippen molar-refractivity contribution >= 4 is 17.8 Å². The molecule has 2 aromatic rings. The molecule has 0 aromatic heterocycles. The van der Waals surface area contributed by atoms with Crippen molar-refractivity contribution in [2.45, 2.75) is 31.5 Å². The molecule has 0 spiro atoms. The predicted octanol–water partition coefficient (Wildman–Crippen LogP) is 2.49. The Kier molecular flexibility index (Phi) is 6.09. The Morgan fingerprint density at radius 2 is 1.73 bits per heavy atom. The molecule has 0 aliphatic carbocycles. The van der Waals surface area contributed by atoms with Crippen LogP contribution in [0.15, 0.2) is 60.7 Å². The Morgan fingerprint density at radius 3 is 2.47 bits per heavy atom. The van der Waals surface area contributed by atoms with Crippen LogP contribution < -0.4 is 5.32 Å². The number of morpholine rings is 1. The zero-order chi connectivity index (χ0) is 20.9. The van der Waals surface area contributed by atoms with Gasteiger partial charge in [-0.15, -0.1) is 0 Å². The molecule has 0 radical (unpaired) electrons. The van der Waals surface area contributed by atoms with E-state index in [4.69, 9.17) is 4.74 Å². The number of benzene rings is 2. The van der Waals surface area contributed by atoms with E-state index < -0.39 is 12.1 Å². The Labute approximate surface area is 175 Å². The molecule has 30 heavy (non-hydrogen) atoms. The minimum Gasteiger partial charge on any atom is -0.370 e. The standard InChI is InChI=1S/C23H25N3O4/c27-21(25-13-14-30-20(16-25)18-9-5-2-6-10-18)12-11-19-22(28)26(23(29)24-19)15-17-7-3-1-4-8-17/h1-10,19-20H,11-16H2,(H,24,29)/t19-,20-/m1/s1. The van der Waals surface area contributed by atoms with Crippen LogP contribution in [0.3, 0.4) is 0 Å². The summed E-state index contributed by atoms with van der Waals surface area (Å²) in [6, 6.07) is 18.2. The minimum atomic E-state index is -0.656. The lowest BCUT2D eigenvalue weighted by Crippen LogP contribution is -2.43. The van der Waals surface area contributed by atoms with Crippen LogP contribution in [-0.2, 0) is 20.9 Å². The monoisotopic (exact) mass is 407 g/mol. The number of nitrogens with one attached hydrogen (secondary N) is 1. The van der Waals surface area contributed by atoms with Crippen LogP contribution in [0.2, 0.25) is 0 Å². The molecule has 7 nitrogen and oxygen atoms in total. The first kappa shape index (κ1) is 20.1. The quantitative estimate of drug-likeness (QED) is 0.747. The van der Waals surface area contributed by atoms with E-state index in [-0.39, 0.29) is 30.9 Å². The van der Waals surface area contributed by atoms with Gasteiger partial charge in [0.15, 0.2) is 0 Å². The Morgan fingerprint density at radius 1 is 1.03 bits per heavy atom. The van der Waals surface area contributed by atoms with Gasteiger partial charge in [0, 0.05) is 13.0 Å². The molecule has 2 heterocycles. The molecular formula is C23H25N3O4. The SMILES string of the molecule is O=C(CC[C@H]1NC(=O)N(Cc2ccccc2)C1=O)N1CCO[C@@H](c2ccccc2)C1. The summed E-state index contributed by atoms with van der Waals surface area (Å²) in [5.74, 6) is -0.302. The van der Waals surface area contributed by atoms with Crippen molar-refractivity contribution in [1.29, 1.82) is 0 Å². The minimum absolute atomic E-state index is 0.0252. The largest absolute Gasteiger partial charge is 0.370 e. The molecule has 2 saturated heterocycles. The topological polar surface area (TPSA) is 79.0 Å². The van der Waals surface area contributed by atoms with E-state index in [1.54, 1.807) is 4.90 Å². The van der Waals surface area contributed by atoms with Crippen molar-refractivity contribution in [2.75, 3.05) is 19.7 Å². The van der Waals surface area contributed by atoms with E-state index in [0.29, 0.717) is 26.1 Å². The van der Waals surface area contributed by atoms with E-state index in [9.17, 15) is 14.4 Å². The summed E-state index contributed by atoms with van der Waals surface area (Å²) in [6.45, 7) is 1.74. The summed E-state index contributed by atoms with van der Waals surface area (Å²) in [4.78, 5) is 40.6. The number of urea groups is 1. The fourth-order valence-electron chi connectivity index (χ4n) is 3.86. The van der Waals surface area contributed by atoms with E-state index >= 15 is 0 Å². The summed E-state index contributed by atoms with van der Waals surface area (Å²) in [6.07, 6.45) is 0.359. The second-order valence-corrected chi connectivity index (χ2v) is 7.56. The van der Waals surface area contributed by atoms with E-state index in [2.05, 4.69) is 5.32 Å². The Balaban J connectivity index is 1.30. The van der Waals surface area contributed by atoms with Crippen LogP contribution in [-0.4, -0.2) is 53.4 Å². The van der Waals surface area contributed by atoms with Gasteiger partial charge in [-0.05, 0) is 17.5 Å². The average Bonchev–Trinajstić information content (AvgIpc) is 3.06. The van der Waals surface area contributed by atoms with Gasteiger partial charge in [0.05, 0.1) is 19.7 Å². The van der Waals surface area contributed by atoms with Crippen LogP contribution in [0.4, 0.5) is 4.79 Å². The maximum Gasteiger partial charge on any atom is 0.325 e. The fraction of sp³-hybridized carbons (Fsp3) is 0.348. The Hall–Kier alpha value is -3.19. The van der Waals surface area contributed by atoms with Crippen molar-refractivity contribution < 1.29 is 19.1 Å². The molecule has 0 saturated carbocycles. The number of hydrogen-bond acceptors (Lipinski definition) is 4. The molecule has 156 valence electrons. The van der Waals surface area contributed by atoms with E-state index in [1.807, 2.05) is 60.7 Å². The van der Waals surface area contributed by atoms with Gasteiger partial charge in [0.2, 0.25) is 5.91 Å². The molecular weight excluding hydrogens is 382 g/mol. The number of imide groups is 1. The summed E-state index contributed by atoms with van der Waals surface area (Å²) in [5.41, 5.74) is 1.93. The molecule has 1 N–H and O–H groups in total. The number of ether oxygens (including phenoxy) is 1. The van der Waals surface area contributed by atoms with Gasteiger partial charge in [-0.3, -0.25) is 14.5 Å².